The lowest BCUT2D eigenvalue weighted by Crippen LogP contribution is -2.46. The summed E-state index contributed by atoms with van der Waals surface area (Å²) in [6.45, 7) is 5.69. The number of benzene rings is 1. The van der Waals surface area contributed by atoms with Crippen LogP contribution in [0, 0.1) is 6.92 Å². The van der Waals surface area contributed by atoms with Gasteiger partial charge in [-0.15, -0.1) is 0 Å². The van der Waals surface area contributed by atoms with E-state index in [1.54, 1.807) is 7.11 Å². The van der Waals surface area contributed by atoms with E-state index in [1.807, 2.05) is 39.0 Å². The number of aliphatic hydroxyl groups excluding tert-OH is 1. The molecule has 0 bridgehead atoms. The van der Waals surface area contributed by atoms with Crippen LogP contribution in [-0.2, 0) is 0 Å². The van der Waals surface area contributed by atoms with E-state index in [1.165, 1.54) is 0 Å². The van der Waals surface area contributed by atoms with Crippen LogP contribution in [0.4, 0.5) is 10.5 Å². The van der Waals surface area contributed by atoms with E-state index in [0.717, 1.165) is 5.56 Å². The van der Waals surface area contributed by atoms with Crippen molar-refractivity contribution in [2.24, 2.45) is 0 Å². The Hall–Kier alpha value is -1.75. The van der Waals surface area contributed by atoms with Crippen LogP contribution in [0.25, 0.3) is 0 Å². The van der Waals surface area contributed by atoms with E-state index in [9.17, 15) is 4.79 Å². The molecule has 5 heteroatoms. The quantitative estimate of drug-likeness (QED) is 0.765. The van der Waals surface area contributed by atoms with Crippen LogP contribution in [0.2, 0.25) is 0 Å². The molecule has 0 aliphatic carbocycles. The van der Waals surface area contributed by atoms with Gasteiger partial charge in [-0.05, 0) is 44.9 Å². The maximum absolute atomic E-state index is 11.9. The summed E-state index contributed by atoms with van der Waals surface area (Å²) in [6, 6.07) is 5.25. The number of anilines is 1. The molecule has 0 aliphatic rings. The molecule has 3 N–H and O–H groups in total. The van der Waals surface area contributed by atoms with E-state index < -0.39 is 5.54 Å². The molecule has 1 rings (SSSR count). The monoisotopic (exact) mass is 266 g/mol. The van der Waals surface area contributed by atoms with Gasteiger partial charge in [0.15, 0.2) is 0 Å². The lowest BCUT2D eigenvalue weighted by molar-refractivity contribution is 0.218. The summed E-state index contributed by atoms with van der Waals surface area (Å²) in [5.41, 5.74) is 1.20. The van der Waals surface area contributed by atoms with Crippen LogP contribution >= 0.6 is 0 Å². The highest BCUT2D eigenvalue weighted by atomic mass is 16.5. The van der Waals surface area contributed by atoms with Crippen molar-refractivity contribution in [1.29, 1.82) is 0 Å². The van der Waals surface area contributed by atoms with Crippen molar-refractivity contribution in [3.63, 3.8) is 0 Å². The number of amides is 2. The number of urea groups is 1. The van der Waals surface area contributed by atoms with E-state index in [0.29, 0.717) is 17.9 Å². The number of hydrogen-bond acceptors (Lipinski definition) is 3. The minimum Gasteiger partial charge on any atom is -0.495 e. The minimum absolute atomic E-state index is 0.0288. The maximum Gasteiger partial charge on any atom is 0.319 e. The molecule has 1 aromatic rings. The van der Waals surface area contributed by atoms with E-state index in [-0.39, 0.29) is 12.6 Å². The predicted molar refractivity (Wildman–Crippen MR) is 75.7 cm³/mol. The van der Waals surface area contributed by atoms with Crippen LogP contribution in [-0.4, -0.2) is 30.4 Å². The number of rotatable bonds is 5. The zero-order valence-corrected chi connectivity index (χ0v) is 11.9. The van der Waals surface area contributed by atoms with E-state index in [4.69, 9.17) is 9.84 Å². The Morgan fingerprint density at radius 3 is 2.68 bits per heavy atom. The molecule has 0 atom stereocenters. The Bertz CT molecular complexity index is 444. The summed E-state index contributed by atoms with van der Waals surface area (Å²) >= 11 is 0. The lowest BCUT2D eigenvalue weighted by Gasteiger charge is -2.25. The zero-order chi connectivity index (χ0) is 14.5. The highest BCUT2D eigenvalue weighted by Gasteiger charge is 2.20. The molecule has 1 aromatic carbocycles. The van der Waals surface area contributed by atoms with Crippen molar-refractivity contribution < 1.29 is 14.6 Å². The molecule has 0 unspecified atom stereocenters. The highest BCUT2D eigenvalue weighted by molar-refractivity contribution is 5.91. The fraction of sp³-hybridized carbons (Fsp3) is 0.500. The number of carbonyl (C=O) groups excluding carboxylic acids is 1. The first-order valence-corrected chi connectivity index (χ1v) is 6.22. The summed E-state index contributed by atoms with van der Waals surface area (Å²) in [4.78, 5) is 11.9. The van der Waals surface area contributed by atoms with Crippen molar-refractivity contribution in [1.82, 2.24) is 5.32 Å². The standard InChI is InChI=1S/C14H22N2O3/c1-10-5-6-12(19-4)11(9-10)15-13(18)16-14(2,3)7-8-17/h5-6,9,17H,7-8H2,1-4H3,(H2,15,16,18). The molecule has 106 valence electrons. The number of nitrogens with one attached hydrogen (secondary N) is 2. The van der Waals surface area contributed by atoms with Crippen molar-refractivity contribution in [2.45, 2.75) is 32.7 Å². The molecule has 0 fully saturated rings. The number of aryl methyl sites for hydroxylation is 1. The average Bonchev–Trinajstić information content (AvgIpc) is 2.28. The molecule has 0 spiro atoms. The molecule has 0 aliphatic heterocycles. The highest BCUT2D eigenvalue weighted by Crippen LogP contribution is 2.25. The van der Waals surface area contributed by atoms with Crippen molar-refractivity contribution in [2.75, 3.05) is 19.0 Å². The zero-order valence-electron chi connectivity index (χ0n) is 11.9. The van der Waals surface area contributed by atoms with Gasteiger partial charge in [0.05, 0.1) is 12.8 Å². The van der Waals surface area contributed by atoms with Gasteiger partial charge >= 0.3 is 6.03 Å². The summed E-state index contributed by atoms with van der Waals surface area (Å²) in [5, 5.41) is 14.5. The van der Waals surface area contributed by atoms with Crippen molar-refractivity contribution >= 4 is 11.7 Å². The van der Waals surface area contributed by atoms with Gasteiger partial charge in [0.2, 0.25) is 0 Å². The fourth-order valence-corrected chi connectivity index (χ4v) is 1.72. The average molecular weight is 266 g/mol. The molecular formula is C14H22N2O3. The second-order valence-corrected chi connectivity index (χ2v) is 5.14. The second kappa shape index (κ2) is 6.43. The summed E-state index contributed by atoms with van der Waals surface area (Å²) in [6.07, 6.45) is 0.491. The Labute approximate surface area is 114 Å². The normalized spacial score (nSPS) is 11.0. The fourth-order valence-electron chi connectivity index (χ4n) is 1.72. The maximum atomic E-state index is 11.9. The first-order chi connectivity index (χ1) is 8.88. The van der Waals surface area contributed by atoms with Crippen LogP contribution in [0.15, 0.2) is 18.2 Å². The van der Waals surface area contributed by atoms with Crippen molar-refractivity contribution in [3.05, 3.63) is 23.8 Å². The molecular weight excluding hydrogens is 244 g/mol. The lowest BCUT2D eigenvalue weighted by atomic mass is 10.0. The number of hydrogen-bond donors (Lipinski definition) is 3. The summed E-state index contributed by atoms with van der Waals surface area (Å²) in [7, 11) is 1.56. The van der Waals surface area contributed by atoms with Gasteiger partial charge < -0.3 is 20.5 Å². The smallest absolute Gasteiger partial charge is 0.319 e. The van der Waals surface area contributed by atoms with Gasteiger partial charge in [-0.1, -0.05) is 6.07 Å². The van der Waals surface area contributed by atoms with Crippen LogP contribution < -0.4 is 15.4 Å². The largest absolute Gasteiger partial charge is 0.495 e. The number of methoxy groups -OCH3 is 1. The molecule has 0 radical (unpaired) electrons. The second-order valence-electron chi connectivity index (χ2n) is 5.14. The van der Waals surface area contributed by atoms with Crippen LogP contribution in [0.3, 0.4) is 0 Å². The third-order valence-electron chi connectivity index (χ3n) is 2.79. The Balaban J connectivity index is 2.74. The molecule has 0 saturated carbocycles. The third-order valence-corrected chi connectivity index (χ3v) is 2.79. The first kappa shape index (κ1) is 15.3. The number of aliphatic hydroxyl groups is 1. The molecule has 2 amide bonds. The van der Waals surface area contributed by atoms with Gasteiger partial charge in [0, 0.05) is 12.1 Å². The first-order valence-electron chi connectivity index (χ1n) is 6.22. The van der Waals surface area contributed by atoms with Crippen molar-refractivity contribution in [3.8, 4) is 5.75 Å². The van der Waals surface area contributed by atoms with E-state index in [2.05, 4.69) is 10.6 Å². The van der Waals surface area contributed by atoms with Crippen LogP contribution in [0.1, 0.15) is 25.8 Å². The Morgan fingerprint density at radius 2 is 2.11 bits per heavy atom. The molecule has 5 nitrogen and oxygen atoms in total. The summed E-state index contributed by atoms with van der Waals surface area (Å²) in [5.74, 6) is 0.612. The third kappa shape index (κ3) is 4.79. The molecule has 19 heavy (non-hydrogen) atoms. The van der Waals surface area contributed by atoms with Gasteiger partial charge in [-0.25, -0.2) is 4.79 Å². The van der Waals surface area contributed by atoms with Gasteiger partial charge in [0.1, 0.15) is 5.75 Å². The predicted octanol–water partition coefficient (Wildman–Crippen LogP) is 2.29. The Morgan fingerprint density at radius 1 is 1.42 bits per heavy atom. The summed E-state index contributed by atoms with van der Waals surface area (Å²) < 4.78 is 5.20. The Kier molecular flexibility index (Phi) is 5.18. The minimum atomic E-state index is -0.462. The SMILES string of the molecule is COc1ccc(C)cc1NC(=O)NC(C)(C)CCO. The van der Waals surface area contributed by atoms with Gasteiger partial charge in [0.25, 0.3) is 0 Å². The molecule has 0 saturated heterocycles. The van der Waals surface area contributed by atoms with Gasteiger partial charge in [-0.3, -0.25) is 0 Å². The topological polar surface area (TPSA) is 70.6 Å². The van der Waals surface area contributed by atoms with Gasteiger partial charge in [-0.2, -0.15) is 0 Å². The molecule has 0 aromatic heterocycles. The number of ether oxygens (including phenoxy) is 1. The van der Waals surface area contributed by atoms with E-state index >= 15 is 0 Å². The number of carbonyl (C=O) groups is 1. The molecule has 0 heterocycles. The van der Waals surface area contributed by atoms with Crippen LogP contribution in [0.5, 0.6) is 5.75 Å².